The molecule has 2 aromatic rings. The van der Waals surface area contributed by atoms with Crippen LogP contribution in [-0.4, -0.2) is 22.2 Å². The molecule has 1 aromatic carbocycles. The van der Waals surface area contributed by atoms with E-state index in [9.17, 15) is 4.79 Å². The van der Waals surface area contributed by atoms with Gasteiger partial charge in [0, 0.05) is 11.9 Å². The van der Waals surface area contributed by atoms with Crippen LogP contribution >= 0.6 is 0 Å². The Hall–Kier alpha value is -1.84. The van der Waals surface area contributed by atoms with E-state index in [1.165, 1.54) is 0 Å². The van der Waals surface area contributed by atoms with Gasteiger partial charge in [-0.05, 0) is 39.8 Å². The zero-order chi connectivity index (χ0) is 13.3. The largest absolute Gasteiger partial charge is 0.490 e. The molecule has 0 fully saturated rings. The maximum absolute atomic E-state index is 11.1. The molecule has 0 atom stereocenters. The minimum Gasteiger partial charge on any atom is -0.490 e. The van der Waals surface area contributed by atoms with E-state index in [0.717, 1.165) is 29.4 Å². The predicted molar refractivity (Wildman–Crippen MR) is 71.3 cm³/mol. The minimum atomic E-state index is 0.0441. The number of aryl methyl sites for hydroxylation is 2. The number of hydrogen-bond acceptors (Lipinski definition) is 3. The number of rotatable bonds is 4. The molecule has 0 N–H and O–H groups in total. The van der Waals surface area contributed by atoms with E-state index in [1.807, 2.05) is 44.5 Å². The molecular weight excluding hydrogens is 228 g/mol. The Morgan fingerprint density at radius 3 is 2.72 bits per heavy atom. The molecule has 0 aliphatic rings. The third-order valence-electron chi connectivity index (χ3n) is 2.86. The molecule has 0 radical (unpaired) electrons. The van der Waals surface area contributed by atoms with Crippen molar-refractivity contribution in [3.05, 3.63) is 23.4 Å². The van der Waals surface area contributed by atoms with Crippen molar-refractivity contribution in [3.63, 3.8) is 0 Å². The average Bonchev–Trinajstić information content (AvgIpc) is 2.64. The summed E-state index contributed by atoms with van der Waals surface area (Å²) in [5.74, 6) is 0.631. The molecule has 2 rings (SSSR count). The summed E-state index contributed by atoms with van der Waals surface area (Å²) in [4.78, 5) is 11.1. The summed E-state index contributed by atoms with van der Waals surface area (Å²) in [6, 6.07) is 3.76. The number of fused-ring (bicyclic) bond motifs is 1. The summed E-state index contributed by atoms with van der Waals surface area (Å²) >= 11 is 0. The number of aromatic nitrogens is 2. The maximum Gasteiger partial charge on any atom is 0.153 e. The van der Waals surface area contributed by atoms with E-state index >= 15 is 0 Å². The molecule has 0 saturated carbocycles. The summed E-state index contributed by atoms with van der Waals surface area (Å²) in [7, 11) is 0. The van der Waals surface area contributed by atoms with Crippen LogP contribution in [0.2, 0.25) is 0 Å². The van der Waals surface area contributed by atoms with Gasteiger partial charge in [-0.2, -0.15) is 5.10 Å². The fourth-order valence-electron chi connectivity index (χ4n) is 2.07. The van der Waals surface area contributed by atoms with Crippen LogP contribution in [0.15, 0.2) is 12.1 Å². The number of benzene rings is 1. The Morgan fingerprint density at radius 1 is 1.44 bits per heavy atom. The standard InChI is InChI=1S/C14H18N2O2/c1-5-16-13-6-11(8-17)14(18-9(2)3)7-12(13)10(4)15-16/h6-9H,5H2,1-4H3. The van der Waals surface area contributed by atoms with Gasteiger partial charge in [-0.25, -0.2) is 0 Å². The first kappa shape index (κ1) is 12.6. The highest BCUT2D eigenvalue weighted by molar-refractivity contribution is 5.91. The first-order valence-corrected chi connectivity index (χ1v) is 6.19. The molecular formula is C14H18N2O2. The topological polar surface area (TPSA) is 44.1 Å². The highest BCUT2D eigenvalue weighted by atomic mass is 16.5. The third-order valence-corrected chi connectivity index (χ3v) is 2.86. The van der Waals surface area contributed by atoms with Crippen LogP contribution in [0.1, 0.15) is 36.8 Å². The molecule has 0 spiro atoms. The van der Waals surface area contributed by atoms with E-state index in [4.69, 9.17) is 4.74 Å². The molecule has 96 valence electrons. The lowest BCUT2D eigenvalue weighted by Crippen LogP contribution is -2.07. The predicted octanol–water partition coefficient (Wildman–Crippen LogP) is 2.96. The second kappa shape index (κ2) is 4.80. The molecule has 0 aliphatic heterocycles. The van der Waals surface area contributed by atoms with Crippen LogP contribution < -0.4 is 4.74 Å². The van der Waals surface area contributed by atoms with Gasteiger partial charge < -0.3 is 4.74 Å². The van der Waals surface area contributed by atoms with Crippen LogP contribution in [0.25, 0.3) is 10.9 Å². The molecule has 4 nitrogen and oxygen atoms in total. The van der Waals surface area contributed by atoms with Crippen LogP contribution in [0.3, 0.4) is 0 Å². The molecule has 0 aliphatic carbocycles. The van der Waals surface area contributed by atoms with E-state index in [0.29, 0.717) is 11.3 Å². The molecule has 18 heavy (non-hydrogen) atoms. The van der Waals surface area contributed by atoms with Gasteiger partial charge in [-0.3, -0.25) is 9.48 Å². The van der Waals surface area contributed by atoms with Crippen LogP contribution in [0.5, 0.6) is 5.75 Å². The molecule has 1 heterocycles. The lowest BCUT2D eigenvalue weighted by Gasteiger charge is -2.12. The third kappa shape index (κ3) is 2.10. The highest BCUT2D eigenvalue weighted by Crippen LogP contribution is 2.28. The molecule has 0 unspecified atom stereocenters. The molecule has 0 saturated heterocycles. The molecule has 4 heteroatoms. The van der Waals surface area contributed by atoms with Crippen molar-refractivity contribution in [1.29, 1.82) is 0 Å². The molecule has 1 aromatic heterocycles. The van der Waals surface area contributed by atoms with E-state index in [-0.39, 0.29) is 6.10 Å². The first-order chi connectivity index (χ1) is 8.56. The van der Waals surface area contributed by atoms with Gasteiger partial charge in [0.25, 0.3) is 0 Å². The van der Waals surface area contributed by atoms with Gasteiger partial charge in [0.1, 0.15) is 5.75 Å². The van der Waals surface area contributed by atoms with Crippen molar-refractivity contribution >= 4 is 17.2 Å². The Morgan fingerprint density at radius 2 is 2.17 bits per heavy atom. The minimum absolute atomic E-state index is 0.0441. The van der Waals surface area contributed by atoms with Crippen LogP contribution in [0.4, 0.5) is 0 Å². The fraction of sp³-hybridized carbons (Fsp3) is 0.429. The van der Waals surface area contributed by atoms with Gasteiger partial charge in [-0.15, -0.1) is 0 Å². The number of hydrogen-bond donors (Lipinski definition) is 0. The van der Waals surface area contributed by atoms with Crippen molar-refractivity contribution in [2.75, 3.05) is 0 Å². The normalized spacial score (nSPS) is 11.2. The second-order valence-electron chi connectivity index (χ2n) is 4.59. The van der Waals surface area contributed by atoms with Crippen molar-refractivity contribution in [1.82, 2.24) is 9.78 Å². The van der Waals surface area contributed by atoms with Crippen molar-refractivity contribution in [2.24, 2.45) is 0 Å². The highest BCUT2D eigenvalue weighted by Gasteiger charge is 2.13. The van der Waals surface area contributed by atoms with Gasteiger partial charge in [0.15, 0.2) is 6.29 Å². The number of nitrogens with zero attached hydrogens (tertiary/aromatic N) is 2. The number of ether oxygens (including phenoxy) is 1. The number of carbonyl (C=O) groups excluding carboxylic acids is 1. The Bertz CT molecular complexity index is 585. The summed E-state index contributed by atoms with van der Waals surface area (Å²) in [6.07, 6.45) is 0.877. The average molecular weight is 246 g/mol. The maximum atomic E-state index is 11.1. The fourth-order valence-corrected chi connectivity index (χ4v) is 2.07. The summed E-state index contributed by atoms with van der Waals surface area (Å²) in [5, 5.41) is 5.49. The quantitative estimate of drug-likeness (QED) is 0.779. The summed E-state index contributed by atoms with van der Waals surface area (Å²) < 4.78 is 7.57. The van der Waals surface area contributed by atoms with Crippen molar-refractivity contribution in [3.8, 4) is 5.75 Å². The smallest absolute Gasteiger partial charge is 0.153 e. The van der Waals surface area contributed by atoms with E-state index in [1.54, 1.807) is 0 Å². The Balaban J connectivity index is 2.66. The van der Waals surface area contributed by atoms with Crippen molar-refractivity contribution in [2.45, 2.75) is 40.3 Å². The lowest BCUT2D eigenvalue weighted by molar-refractivity contribution is 0.111. The lowest BCUT2D eigenvalue weighted by atomic mass is 10.1. The van der Waals surface area contributed by atoms with Crippen LogP contribution in [0, 0.1) is 6.92 Å². The van der Waals surface area contributed by atoms with Gasteiger partial charge >= 0.3 is 0 Å². The Labute approximate surface area is 107 Å². The SMILES string of the molecule is CCn1nc(C)c2cc(OC(C)C)c(C=O)cc21. The van der Waals surface area contributed by atoms with Gasteiger partial charge in [0.05, 0.1) is 22.9 Å². The zero-order valence-electron chi connectivity index (χ0n) is 11.2. The van der Waals surface area contributed by atoms with Gasteiger partial charge in [-0.1, -0.05) is 0 Å². The van der Waals surface area contributed by atoms with E-state index < -0.39 is 0 Å². The number of carbonyl (C=O) groups is 1. The Kier molecular flexibility index (Phi) is 3.36. The summed E-state index contributed by atoms with van der Waals surface area (Å²) in [6.45, 7) is 8.68. The monoisotopic (exact) mass is 246 g/mol. The number of aldehydes is 1. The van der Waals surface area contributed by atoms with Gasteiger partial charge in [0.2, 0.25) is 0 Å². The van der Waals surface area contributed by atoms with Crippen molar-refractivity contribution < 1.29 is 9.53 Å². The second-order valence-corrected chi connectivity index (χ2v) is 4.59. The first-order valence-electron chi connectivity index (χ1n) is 6.19. The van der Waals surface area contributed by atoms with Crippen LogP contribution in [-0.2, 0) is 6.54 Å². The summed E-state index contributed by atoms with van der Waals surface area (Å²) in [5.41, 5.74) is 2.51. The molecule has 0 amide bonds. The van der Waals surface area contributed by atoms with E-state index in [2.05, 4.69) is 5.10 Å². The molecule has 0 bridgehead atoms. The zero-order valence-corrected chi connectivity index (χ0v) is 11.2.